The van der Waals surface area contributed by atoms with Crippen LogP contribution in [0, 0.1) is 0 Å². The summed E-state index contributed by atoms with van der Waals surface area (Å²) in [6.07, 6.45) is 2.82. The van der Waals surface area contributed by atoms with Gasteiger partial charge in [-0.25, -0.2) is 0 Å². The minimum atomic E-state index is 0.108. The van der Waals surface area contributed by atoms with Crippen molar-refractivity contribution in [3.63, 3.8) is 0 Å². The molecule has 0 saturated carbocycles. The molecule has 2 N–H and O–H groups in total. The van der Waals surface area contributed by atoms with Crippen LogP contribution in [0.1, 0.15) is 30.7 Å². The van der Waals surface area contributed by atoms with Crippen LogP contribution in [0.4, 0.5) is 11.5 Å². The predicted octanol–water partition coefficient (Wildman–Crippen LogP) is 2.65. The van der Waals surface area contributed by atoms with Gasteiger partial charge in [0.2, 0.25) is 5.91 Å². The first-order valence-corrected chi connectivity index (χ1v) is 8.51. The molecule has 6 heteroatoms. The maximum Gasteiger partial charge on any atom is 0.219 e. The van der Waals surface area contributed by atoms with Crippen molar-refractivity contribution in [3.8, 4) is 0 Å². The lowest BCUT2D eigenvalue weighted by Gasteiger charge is -2.26. The second-order valence-corrected chi connectivity index (χ2v) is 6.41. The third kappa shape index (κ3) is 3.52. The monoisotopic (exact) mass is 339 g/mol. The Labute approximate surface area is 148 Å². The number of carbonyl (C=O) groups is 1. The zero-order chi connectivity index (χ0) is 18.0. The first-order valence-electron chi connectivity index (χ1n) is 8.51. The SMILES string of the molecule is CN/C=C(\C)c1ccc(Nc2nn(C)c3c2CN(C(C)=O)CC3)cc1. The third-order valence-corrected chi connectivity index (χ3v) is 4.65. The number of allylic oxidation sites excluding steroid dienone is 1. The number of hydrogen-bond acceptors (Lipinski definition) is 4. The van der Waals surface area contributed by atoms with E-state index < -0.39 is 0 Å². The highest BCUT2D eigenvalue weighted by molar-refractivity contribution is 5.74. The molecule has 2 heterocycles. The molecule has 1 aromatic heterocycles. The number of aromatic nitrogens is 2. The standard InChI is InChI=1S/C19H25N5O/c1-13(11-20-3)15-5-7-16(8-6-15)21-19-17-12-24(14(2)25)10-9-18(17)23(4)22-19/h5-8,11,20H,9-10,12H2,1-4H3,(H,21,22)/b13-11+. The molecule has 0 radical (unpaired) electrons. The van der Waals surface area contributed by atoms with Crippen molar-refractivity contribution >= 4 is 23.0 Å². The van der Waals surface area contributed by atoms with Crippen LogP contribution >= 0.6 is 0 Å². The van der Waals surface area contributed by atoms with Crippen molar-refractivity contribution in [2.24, 2.45) is 7.05 Å². The summed E-state index contributed by atoms with van der Waals surface area (Å²) in [4.78, 5) is 13.6. The molecule has 0 atom stereocenters. The molecule has 0 unspecified atom stereocenters. The summed E-state index contributed by atoms with van der Waals surface area (Å²) in [5.41, 5.74) is 5.65. The molecule has 25 heavy (non-hydrogen) atoms. The molecule has 0 fully saturated rings. The molecule has 0 bridgehead atoms. The molecule has 0 aliphatic carbocycles. The number of nitrogens with one attached hydrogen (secondary N) is 2. The second-order valence-electron chi connectivity index (χ2n) is 6.41. The molecule has 1 aliphatic heterocycles. The molecule has 1 aromatic carbocycles. The van der Waals surface area contributed by atoms with Gasteiger partial charge in [0.05, 0.1) is 6.54 Å². The number of benzene rings is 1. The van der Waals surface area contributed by atoms with E-state index in [0.29, 0.717) is 6.54 Å². The van der Waals surface area contributed by atoms with Gasteiger partial charge in [0, 0.05) is 50.9 Å². The Hall–Kier alpha value is -2.76. The Morgan fingerprint density at radius 1 is 1.24 bits per heavy atom. The van der Waals surface area contributed by atoms with E-state index in [-0.39, 0.29) is 5.91 Å². The van der Waals surface area contributed by atoms with Crippen molar-refractivity contribution in [1.82, 2.24) is 20.0 Å². The van der Waals surface area contributed by atoms with Gasteiger partial charge in [0.1, 0.15) is 0 Å². The Morgan fingerprint density at radius 3 is 2.60 bits per heavy atom. The highest BCUT2D eigenvalue weighted by Crippen LogP contribution is 2.28. The molecular weight excluding hydrogens is 314 g/mol. The van der Waals surface area contributed by atoms with Crippen molar-refractivity contribution in [1.29, 1.82) is 0 Å². The predicted molar refractivity (Wildman–Crippen MR) is 100 cm³/mol. The zero-order valence-electron chi connectivity index (χ0n) is 15.3. The zero-order valence-corrected chi connectivity index (χ0v) is 15.3. The molecule has 0 spiro atoms. The van der Waals surface area contributed by atoms with Crippen LogP contribution in [0.5, 0.6) is 0 Å². The molecule has 132 valence electrons. The van der Waals surface area contributed by atoms with E-state index in [1.807, 2.05) is 29.9 Å². The summed E-state index contributed by atoms with van der Waals surface area (Å²) >= 11 is 0. The van der Waals surface area contributed by atoms with E-state index in [9.17, 15) is 4.79 Å². The number of rotatable bonds is 4. The number of nitrogens with zero attached hydrogens (tertiary/aromatic N) is 3. The van der Waals surface area contributed by atoms with Crippen LogP contribution in [-0.2, 0) is 24.8 Å². The number of carbonyl (C=O) groups excluding carboxylic acids is 1. The Balaban J connectivity index is 1.82. The van der Waals surface area contributed by atoms with E-state index >= 15 is 0 Å². The molecular formula is C19H25N5O. The van der Waals surface area contributed by atoms with Gasteiger partial charge in [0.25, 0.3) is 0 Å². The largest absolute Gasteiger partial charge is 0.394 e. The molecule has 6 nitrogen and oxygen atoms in total. The molecule has 3 rings (SSSR count). The molecule has 1 amide bonds. The number of aryl methyl sites for hydroxylation is 1. The summed E-state index contributed by atoms with van der Waals surface area (Å²) in [5, 5.41) is 11.1. The lowest BCUT2D eigenvalue weighted by atomic mass is 10.1. The van der Waals surface area contributed by atoms with Gasteiger partial charge >= 0.3 is 0 Å². The molecule has 2 aromatic rings. The number of fused-ring (bicyclic) bond motifs is 1. The third-order valence-electron chi connectivity index (χ3n) is 4.65. The summed E-state index contributed by atoms with van der Waals surface area (Å²) in [6.45, 7) is 5.06. The van der Waals surface area contributed by atoms with Crippen LogP contribution in [0.25, 0.3) is 5.57 Å². The fourth-order valence-corrected chi connectivity index (χ4v) is 3.21. The lowest BCUT2D eigenvalue weighted by Crippen LogP contribution is -2.34. The summed E-state index contributed by atoms with van der Waals surface area (Å²) in [7, 11) is 3.86. The summed E-state index contributed by atoms with van der Waals surface area (Å²) in [5.74, 6) is 0.940. The first kappa shape index (κ1) is 17.1. The van der Waals surface area contributed by atoms with Gasteiger partial charge in [-0.3, -0.25) is 9.48 Å². The van der Waals surface area contributed by atoms with Crippen LogP contribution in [0.3, 0.4) is 0 Å². The Bertz CT molecular complexity index is 804. The van der Waals surface area contributed by atoms with Crippen LogP contribution < -0.4 is 10.6 Å². The maximum atomic E-state index is 11.7. The van der Waals surface area contributed by atoms with E-state index in [1.54, 1.807) is 6.92 Å². The molecule has 0 saturated heterocycles. The quantitative estimate of drug-likeness (QED) is 0.899. The number of amides is 1. The highest BCUT2D eigenvalue weighted by atomic mass is 16.2. The summed E-state index contributed by atoms with van der Waals surface area (Å²) in [6, 6.07) is 8.27. The van der Waals surface area contributed by atoms with Crippen LogP contribution in [-0.4, -0.2) is 34.2 Å². The van der Waals surface area contributed by atoms with E-state index in [0.717, 1.165) is 30.0 Å². The Morgan fingerprint density at radius 2 is 1.96 bits per heavy atom. The van der Waals surface area contributed by atoms with Crippen molar-refractivity contribution in [2.75, 3.05) is 18.9 Å². The van der Waals surface area contributed by atoms with E-state index in [4.69, 9.17) is 0 Å². The Kier molecular flexibility index (Phi) is 4.79. The van der Waals surface area contributed by atoms with Gasteiger partial charge in [-0.1, -0.05) is 12.1 Å². The number of anilines is 2. The highest BCUT2D eigenvalue weighted by Gasteiger charge is 2.25. The van der Waals surface area contributed by atoms with E-state index in [1.165, 1.54) is 16.8 Å². The fraction of sp³-hybridized carbons (Fsp3) is 0.368. The van der Waals surface area contributed by atoms with E-state index in [2.05, 4.69) is 46.9 Å². The average Bonchev–Trinajstić information content (AvgIpc) is 2.91. The topological polar surface area (TPSA) is 62.2 Å². The summed E-state index contributed by atoms with van der Waals surface area (Å²) < 4.78 is 1.92. The van der Waals surface area contributed by atoms with Gasteiger partial charge in [-0.05, 0) is 36.4 Å². The second kappa shape index (κ2) is 7.01. The minimum absolute atomic E-state index is 0.108. The lowest BCUT2D eigenvalue weighted by molar-refractivity contribution is -0.129. The van der Waals surface area contributed by atoms with Crippen molar-refractivity contribution < 1.29 is 4.79 Å². The van der Waals surface area contributed by atoms with Crippen LogP contribution in [0.2, 0.25) is 0 Å². The van der Waals surface area contributed by atoms with Gasteiger partial charge in [-0.2, -0.15) is 5.10 Å². The van der Waals surface area contributed by atoms with Crippen molar-refractivity contribution in [3.05, 3.63) is 47.3 Å². The van der Waals surface area contributed by atoms with Gasteiger partial charge in [0.15, 0.2) is 5.82 Å². The smallest absolute Gasteiger partial charge is 0.219 e. The average molecular weight is 339 g/mol. The number of hydrogen-bond donors (Lipinski definition) is 2. The normalized spacial score (nSPS) is 14.2. The van der Waals surface area contributed by atoms with Gasteiger partial charge in [-0.15, -0.1) is 0 Å². The van der Waals surface area contributed by atoms with Gasteiger partial charge < -0.3 is 15.5 Å². The maximum absolute atomic E-state index is 11.7. The minimum Gasteiger partial charge on any atom is -0.394 e. The first-order chi connectivity index (χ1) is 12.0. The fourth-order valence-electron chi connectivity index (χ4n) is 3.21. The van der Waals surface area contributed by atoms with Crippen molar-refractivity contribution in [2.45, 2.75) is 26.8 Å². The molecule has 1 aliphatic rings. The van der Waals surface area contributed by atoms with Crippen LogP contribution in [0.15, 0.2) is 30.5 Å².